The molecular weight excluding hydrogens is 278 g/mol. The Balaban J connectivity index is 2.13. The Kier molecular flexibility index (Phi) is 6.00. The van der Waals surface area contributed by atoms with Crippen molar-refractivity contribution in [3.8, 4) is 5.88 Å². The minimum atomic E-state index is -0.108. The molecule has 1 fully saturated rings. The van der Waals surface area contributed by atoms with Gasteiger partial charge in [-0.05, 0) is 12.8 Å². The van der Waals surface area contributed by atoms with E-state index in [1.54, 1.807) is 7.11 Å². The van der Waals surface area contributed by atoms with Crippen molar-refractivity contribution in [2.24, 2.45) is 0 Å². The number of rotatable bonds is 6. The molecule has 5 nitrogen and oxygen atoms in total. The lowest BCUT2D eigenvalue weighted by Gasteiger charge is -2.25. The highest BCUT2D eigenvalue weighted by Gasteiger charge is 2.21. The molecule has 0 bridgehead atoms. The summed E-state index contributed by atoms with van der Waals surface area (Å²) in [6, 6.07) is 2.42. The van der Waals surface area contributed by atoms with Crippen LogP contribution in [0.1, 0.15) is 58.7 Å². The Morgan fingerprint density at radius 2 is 1.86 bits per heavy atom. The molecule has 1 aliphatic rings. The second-order valence-corrected chi connectivity index (χ2v) is 6.99. The van der Waals surface area contributed by atoms with Crippen LogP contribution in [0.25, 0.3) is 0 Å². The number of nitrogens with one attached hydrogen (secondary N) is 1. The normalized spacial score (nSPS) is 16.5. The summed E-state index contributed by atoms with van der Waals surface area (Å²) in [7, 11) is 1.67. The topological polar surface area (TPSA) is 56.3 Å². The summed E-state index contributed by atoms with van der Waals surface area (Å²) in [4.78, 5) is 9.23. The van der Waals surface area contributed by atoms with Gasteiger partial charge in [0.2, 0.25) is 5.88 Å². The molecule has 2 rings (SSSR count). The van der Waals surface area contributed by atoms with Crippen LogP contribution >= 0.6 is 0 Å². The summed E-state index contributed by atoms with van der Waals surface area (Å²) in [6.45, 7) is 7.41. The largest absolute Gasteiger partial charge is 0.475 e. The van der Waals surface area contributed by atoms with Gasteiger partial charge < -0.3 is 14.8 Å². The Morgan fingerprint density at radius 1 is 1.14 bits per heavy atom. The van der Waals surface area contributed by atoms with E-state index in [2.05, 4.69) is 31.1 Å². The van der Waals surface area contributed by atoms with Crippen LogP contribution in [0.5, 0.6) is 5.88 Å². The number of aromatic nitrogens is 2. The molecule has 5 heteroatoms. The molecule has 1 saturated carbocycles. The summed E-state index contributed by atoms with van der Waals surface area (Å²) >= 11 is 0. The fourth-order valence-corrected chi connectivity index (χ4v) is 2.59. The number of ether oxygens (including phenoxy) is 2. The van der Waals surface area contributed by atoms with Gasteiger partial charge in [0.1, 0.15) is 18.2 Å². The van der Waals surface area contributed by atoms with Crippen molar-refractivity contribution in [3.63, 3.8) is 0 Å². The van der Waals surface area contributed by atoms with Gasteiger partial charge >= 0.3 is 0 Å². The molecule has 1 aromatic heterocycles. The zero-order valence-corrected chi connectivity index (χ0v) is 14.3. The van der Waals surface area contributed by atoms with E-state index in [0.29, 0.717) is 25.1 Å². The van der Waals surface area contributed by atoms with Crippen LogP contribution in [0.2, 0.25) is 0 Å². The molecule has 0 unspecified atom stereocenters. The summed E-state index contributed by atoms with van der Waals surface area (Å²) in [6.07, 6.45) is 6.38. The van der Waals surface area contributed by atoms with E-state index in [4.69, 9.17) is 14.5 Å². The van der Waals surface area contributed by atoms with Crippen LogP contribution in [-0.4, -0.2) is 36.3 Å². The lowest BCUT2D eigenvalue weighted by molar-refractivity contribution is 0.143. The standard InChI is InChI=1S/C17H29N3O2/c1-17(2,3)16-19-14(18-13-8-6-5-7-9-13)12-15(20-16)22-11-10-21-4/h12-13H,5-11H2,1-4H3,(H,18,19,20). The zero-order valence-electron chi connectivity index (χ0n) is 14.3. The van der Waals surface area contributed by atoms with Gasteiger partial charge in [-0.2, -0.15) is 4.98 Å². The Labute approximate surface area is 133 Å². The smallest absolute Gasteiger partial charge is 0.218 e. The summed E-state index contributed by atoms with van der Waals surface area (Å²) in [5.41, 5.74) is -0.108. The van der Waals surface area contributed by atoms with Gasteiger partial charge in [-0.15, -0.1) is 0 Å². The zero-order chi connectivity index (χ0) is 16.0. The molecule has 0 aromatic carbocycles. The highest BCUT2D eigenvalue weighted by molar-refractivity contribution is 5.40. The molecule has 1 N–H and O–H groups in total. The highest BCUT2D eigenvalue weighted by atomic mass is 16.5. The van der Waals surface area contributed by atoms with Crippen LogP contribution in [0, 0.1) is 0 Å². The number of hydrogen-bond acceptors (Lipinski definition) is 5. The Hall–Kier alpha value is -1.36. The maximum Gasteiger partial charge on any atom is 0.218 e. The minimum absolute atomic E-state index is 0.108. The number of methoxy groups -OCH3 is 1. The van der Waals surface area contributed by atoms with Gasteiger partial charge in [-0.25, -0.2) is 4.98 Å². The predicted molar refractivity (Wildman–Crippen MR) is 88.6 cm³/mol. The van der Waals surface area contributed by atoms with Gasteiger partial charge in [0.05, 0.1) is 6.61 Å². The first-order valence-corrected chi connectivity index (χ1v) is 8.27. The maximum absolute atomic E-state index is 5.70. The van der Waals surface area contributed by atoms with E-state index in [1.807, 2.05) is 6.07 Å². The Bertz CT molecular complexity index is 465. The van der Waals surface area contributed by atoms with Crippen LogP contribution in [0.15, 0.2) is 6.07 Å². The van der Waals surface area contributed by atoms with E-state index in [0.717, 1.165) is 11.6 Å². The van der Waals surface area contributed by atoms with Gasteiger partial charge in [0, 0.05) is 24.6 Å². The van der Waals surface area contributed by atoms with Crippen molar-refractivity contribution in [1.29, 1.82) is 0 Å². The quantitative estimate of drug-likeness (QED) is 0.815. The van der Waals surface area contributed by atoms with Crippen LogP contribution < -0.4 is 10.1 Å². The van der Waals surface area contributed by atoms with Crippen molar-refractivity contribution in [2.45, 2.75) is 64.3 Å². The molecule has 1 aliphatic carbocycles. The van der Waals surface area contributed by atoms with E-state index in [9.17, 15) is 0 Å². The molecule has 0 amide bonds. The summed E-state index contributed by atoms with van der Waals surface area (Å²) in [5, 5.41) is 3.56. The second-order valence-electron chi connectivity index (χ2n) is 6.99. The third-order valence-corrected chi connectivity index (χ3v) is 3.87. The fourth-order valence-electron chi connectivity index (χ4n) is 2.59. The third kappa shape index (κ3) is 5.13. The van der Waals surface area contributed by atoms with E-state index < -0.39 is 0 Å². The SMILES string of the molecule is COCCOc1cc(NC2CCCCC2)nc(C(C)(C)C)n1. The number of hydrogen-bond donors (Lipinski definition) is 1. The first kappa shape index (κ1) is 17.0. The molecule has 22 heavy (non-hydrogen) atoms. The second kappa shape index (κ2) is 7.77. The summed E-state index contributed by atoms with van der Waals surface area (Å²) in [5.74, 6) is 2.30. The molecular formula is C17H29N3O2. The Morgan fingerprint density at radius 3 is 2.50 bits per heavy atom. The summed E-state index contributed by atoms with van der Waals surface area (Å²) < 4.78 is 10.7. The van der Waals surface area contributed by atoms with Gasteiger partial charge in [0.15, 0.2) is 0 Å². The van der Waals surface area contributed by atoms with E-state index in [-0.39, 0.29) is 5.41 Å². The van der Waals surface area contributed by atoms with Gasteiger partial charge in [0.25, 0.3) is 0 Å². The molecule has 1 aromatic rings. The third-order valence-electron chi connectivity index (χ3n) is 3.87. The van der Waals surface area contributed by atoms with Crippen molar-refractivity contribution in [2.75, 3.05) is 25.6 Å². The van der Waals surface area contributed by atoms with Crippen LogP contribution in [0.3, 0.4) is 0 Å². The number of anilines is 1. The maximum atomic E-state index is 5.70. The first-order chi connectivity index (χ1) is 10.5. The van der Waals surface area contributed by atoms with Gasteiger partial charge in [-0.3, -0.25) is 0 Å². The molecule has 0 saturated heterocycles. The fraction of sp³-hybridized carbons (Fsp3) is 0.765. The lowest BCUT2D eigenvalue weighted by atomic mass is 9.95. The highest BCUT2D eigenvalue weighted by Crippen LogP contribution is 2.26. The van der Waals surface area contributed by atoms with Crippen molar-refractivity contribution in [3.05, 3.63) is 11.9 Å². The molecule has 124 valence electrons. The first-order valence-electron chi connectivity index (χ1n) is 8.27. The molecule has 1 heterocycles. The molecule has 0 aliphatic heterocycles. The monoisotopic (exact) mass is 307 g/mol. The lowest BCUT2D eigenvalue weighted by Crippen LogP contribution is -2.24. The molecule has 0 spiro atoms. The van der Waals surface area contributed by atoms with Crippen molar-refractivity contribution >= 4 is 5.82 Å². The van der Waals surface area contributed by atoms with E-state index >= 15 is 0 Å². The van der Waals surface area contributed by atoms with Crippen molar-refractivity contribution < 1.29 is 9.47 Å². The molecule has 0 radical (unpaired) electrons. The average Bonchev–Trinajstić information content (AvgIpc) is 2.47. The van der Waals surface area contributed by atoms with Gasteiger partial charge in [-0.1, -0.05) is 40.0 Å². The van der Waals surface area contributed by atoms with E-state index in [1.165, 1.54) is 32.1 Å². The predicted octanol–water partition coefficient (Wildman–Crippen LogP) is 3.54. The van der Waals surface area contributed by atoms with Crippen molar-refractivity contribution in [1.82, 2.24) is 9.97 Å². The van der Waals surface area contributed by atoms with Crippen LogP contribution in [0.4, 0.5) is 5.82 Å². The molecule has 0 atom stereocenters. The number of nitrogens with zero attached hydrogens (tertiary/aromatic N) is 2. The van der Waals surface area contributed by atoms with Crippen LogP contribution in [-0.2, 0) is 10.2 Å². The minimum Gasteiger partial charge on any atom is -0.475 e. The average molecular weight is 307 g/mol.